The maximum Gasteiger partial charge on any atom is 0.258 e. The van der Waals surface area contributed by atoms with Crippen molar-refractivity contribution >= 4 is 17.5 Å². The van der Waals surface area contributed by atoms with Crippen LogP contribution in [0.15, 0.2) is 72.8 Å². The molecule has 0 radical (unpaired) electrons. The Morgan fingerprint density at radius 1 is 1.00 bits per heavy atom. The maximum absolute atomic E-state index is 13.3. The summed E-state index contributed by atoms with van der Waals surface area (Å²) in [7, 11) is 0. The van der Waals surface area contributed by atoms with Crippen molar-refractivity contribution in [3.05, 3.63) is 101 Å². The van der Waals surface area contributed by atoms with Crippen molar-refractivity contribution in [2.24, 2.45) is 0 Å². The van der Waals surface area contributed by atoms with Gasteiger partial charge in [-0.3, -0.25) is 9.59 Å². The van der Waals surface area contributed by atoms with Crippen molar-refractivity contribution in [3.63, 3.8) is 0 Å². The first-order chi connectivity index (χ1) is 15.0. The molecule has 0 saturated heterocycles. The predicted molar refractivity (Wildman–Crippen MR) is 117 cm³/mol. The van der Waals surface area contributed by atoms with Crippen LogP contribution in [0.2, 0.25) is 0 Å². The molecule has 0 bridgehead atoms. The second kappa shape index (κ2) is 10.2. The molecule has 0 aliphatic rings. The molecule has 0 aromatic heterocycles. The highest BCUT2D eigenvalue weighted by atomic mass is 19.1. The quantitative estimate of drug-likeness (QED) is 0.628. The molecule has 1 N–H and O–H groups in total. The number of anilines is 1. The Bertz CT molecular complexity index is 1100. The van der Waals surface area contributed by atoms with Gasteiger partial charge in [0.1, 0.15) is 5.82 Å². The number of nitrogens with zero attached hydrogens (tertiary/aromatic N) is 2. The van der Waals surface area contributed by atoms with Crippen molar-refractivity contribution in [2.45, 2.75) is 19.9 Å². The van der Waals surface area contributed by atoms with E-state index in [1.165, 1.54) is 12.1 Å². The molecule has 5 nitrogen and oxygen atoms in total. The topological polar surface area (TPSA) is 73.2 Å². The summed E-state index contributed by atoms with van der Waals surface area (Å²) in [6.07, 6.45) is 0.205. The summed E-state index contributed by atoms with van der Waals surface area (Å²) in [5.41, 5.74) is 3.05. The number of likely N-dealkylation sites (N-methyl/N-ethyl adjacent to an activating group) is 1. The highest BCUT2D eigenvalue weighted by molar-refractivity contribution is 6.06. The monoisotopic (exact) mass is 415 g/mol. The van der Waals surface area contributed by atoms with Crippen LogP contribution < -0.4 is 10.2 Å². The SMILES string of the molecule is CCNC(=O)Cc1cccc(N(Cc2ccc(F)cc2)C(=O)c2ccc(C#N)cc2)c1. The van der Waals surface area contributed by atoms with Gasteiger partial charge in [-0.2, -0.15) is 5.26 Å². The summed E-state index contributed by atoms with van der Waals surface area (Å²) in [4.78, 5) is 26.9. The molecular weight excluding hydrogens is 393 g/mol. The van der Waals surface area contributed by atoms with Gasteiger partial charge in [-0.15, -0.1) is 0 Å². The number of carbonyl (C=O) groups is 2. The van der Waals surface area contributed by atoms with E-state index in [2.05, 4.69) is 5.32 Å². The summed E-state index contributed by atoms with van der Waals surface area (Å²) >= 11 is 0. The third kappa shape index (κ3) is 5.77. The largest absolute Gasteiger partial charge is 0.356 e. The maximum atomic E-state index is 13.3. The molecule has 0 saturated carbocycles. The van der Waals surface area contributed by atoms with Crippen LogP contribution in [0.1, 0.15) is 34.0 Å². The van der Waals surface area contributed by atoms with Gasteiger partial charge < -0.3 is 10.2 Å². The fourth-order valence-corrected chi connectivity index (χ4v) is 3.18. The Morgan fingerprint density at radius 2 is 1.71 bits per heavy atom. The van der Waals surface area contributed by atoms with Crippen LogP contribution in [0.5, 0.6) is 0 Å². The summed E-state index contributed by atoms with van der Waals surface area (Å²) in [5, 5.41) is 11.8. The van der Waals surface area contributed by atoms with Crippen molar-refractivity contribution in [1.82, 2.24) is 5.32 Å². The normalized spacial score (nSPS) is 10.2. The Kier molecular flexibility index (Phi) is 7.13. The van der Waals surface area contributed by atoms with Gasteiger partial charge >= 0.3 is 0 Å². The molecule has 0 aliphatic heterocycles. The lowest BCUT2D eigenvalue weighted by Crippen LogP contribution is -2.30. The zero-order valence-electron chi connectivity index (χ0n) is 17.1. The summed E-state index contributed by atoms with van der Waals surface area (Å²) < 4.78 is 13.3. The van der Waals surface area contributed by atoms with Crippen LogP contribution in [0, 0.1) is 17.1 Å². The van der Waals surface area contributed by atoms with E-state index < -0.39 is 0 Å². The minimum Gasteiger partial charge on any atom is -0.356 e. The number of nitrogens with one attached hydrogen (secondary N) is 1. The molecule has 0 atom stereocenters. The molecule has 3 rings (SSSR count). The van der Waals surface area contributed by atoms with Crippen LogP contribution in [0.3, 0.4) is 0 Å². The summed E-state index contributed by atoms with van der Waals surface area (Å²) in [5.74, 6) is -0.704. The van der Waals surface area contributed by atoms with Gasteiger partial charge in [-0.1, -0.05) is 24.3 Å². The van der Waals surface area contributed by atoms with E-state index in [0.717, 1.165) is 11.1 Å². The van der Waals surface area contributed by atoms with Crippen molar-refractivity contribution in [2.75, 3.05) is 11.4 Å². The van der Waals surface area contributed by atoms with Crippen molar-refractivity contribution < 1.29 is 14.0 Å². The lowest BCUT2D eigenvalue weighted by molar-refractivity contribution is -0.120. The van der Waals surface area contributed by atoms with Crippen LogP contribution in [-0.2, 0) is 17.8 Å². The third-order valence-electron chi connectivity index (χ3n) is 4.72. The minimum absolute atomic E-state index is 0.0943. The smallest absolute Gasteiger partial charge is 0.258 e. The fraction of sp³-hybridized carbons (Fsp3) is 0.160. The standard InChI is InChI=1S/C25H22FN3O2/c1-2-28-24(30)15-20-4-3-5-23(14-20)29(17-19-8-12-22(26)13-9-19)25(31)21-10-6-18(16-27)7-11-21/h3-14H,2,15,17H2,1H3,(H,28,30). The van der Waals surface area contributed by atoms with Gasteiger partial charge in [0.25, 0.3) is 5.91 Å². The van der Waals surface area contributed by atoms with E-state index in [9.17, 15) is 14.0 Å². The highest BCUT2D eigenvalue weighted by Gasteiger charge is 2.19. The molecule has 3 aromatic rings. The highest BCUT2D eigenvalue weighted by Crippen LogP contribution is 2.22. The zero-order valence-corrected chi connectivity index (χ0v) is 17.1. The minimum atomic E-state index is -0.349. The van der Waals surface area contributed by atoms with E-state index in [-0.39, 0.29) is 30.6 Å². The Morgan fingerprint density at radius 3 is 2.35 bits per heavy atom. The predicted octanol–water partition coefficient (Wildman–Crippen LogP) is 4.22. The van der Waals surface area contributed by atoms with E-state index in [4.69, 9.17) is 5.26 Å². The Labute approximate surface area is 180 Å². The van der Waals surface area contributed by atoms with Gasteiger partial charge in [0.05, 0.1) is 24.6 Å². The molecule has 0 aliphatic carbocycles. The number of hydrogen-bond acceptors (Lipinski definition) is 3. The first-order valence-electron chi connectivity index (χ1n) is 9.92. The number of halogens is 1. The molecule has 3 aromatic carbocycles. The first kappa shape index (κ1) is 21.7. The molecule has 0 spiro atoms. The number of amides is 2. The summed E-state index contributed by atoms with van der Waals surface area (Å²) in [6, 6.07) is 21.6. The van der Waals surface area contributed by atoms with Gasteiger partial charge in [0.15, 0.2) is 0 Å². The molecule has 0 unspecified atom stereocenters. The molecule has 0 heterocycles. The second-order valence-corrected chi connectivity index (χ2v) is 7.01. The van der Waals surface area contributed by atoms with Gasteiger partial charge in [-0.25, -0.2) is 4.39 Å². The number of rotatable bonds is 7. The van der Waals surface area contributed by atoms with E-state index in [1.807, 2.05) is 19.1 Å². The molecule has 0 fully saturated rings. The lowest BCUT2D eigenvalue weighted by atomic mass is 10.1. The molecular formula is C25H22FN3O2. The van der Waals surface area contributed by atoms with Gasteiger partial charge in [0, 0.05) is 17.8 Å². The average molecular weight is 415 g/mol. The van der Waals surface area contributed by atoms with Crippen molar-refractivity contribution in [1.29, 1.82) is 5.26 Å². The Balaban J connectivity index is 1.95. The van der Waals surface area contributed by atoms with E-state index in [1.54, 1.807) is 59.5 Å². The van der Waals surface area contributed by atoms with Gasteiger partial charge in [0.2, 0.25) is 5.91 Å². The molecule has 2 amide bonds. The van der Waals surface area contributed by atoms with Gasteiger partial charge in [-0.05, 0) is 66.6 Å². The third-order valence-corrected chi connectivity index (χ3v) is 4.72. The molecule has 6 heteroatoms. The fourth-order valence-electron chi connectivity index (χ4n) is 3.18. The Hall–Kier alpha value is -3.98. The lowest BCUT2D eigenvalue weighted by Gasteiger charge is -2.24. The van der Waals surface area contributed by atoms with Crippen LogP contribution in [-0.4, -0.2) is 18.4 Å². The van der Waals surface area contributed by atoms with Crippen LogP contribution in [0.25, 0.3) is 0 Å². The summed E-state index contributed by atoms with van der Waals surface area (Å²) in [6.45, 7) is 2.63. The average Bonchev–Trinajstić information content (AvgIpc) is 2.78. The van der Waals surface area contributed by atoms with Crippen molar-refractivity contribution in [3.8, 4) is 6.07 Å². The number of hydrogen-bond donors (Lipinski definition) is 1. The second-order valence-electron chi connectivity index (χ2n) is 7.01. The number of benzene rings is 3. The zero-order chi connectivity index (χ0) is 22.2. The molecule has 31 heavy (non-hydrogen) atoms. The van der Waals surface area contributed by atoms with Crippen LogP contribution >= 0.6 is 0 Å². The molecule has 156 valence electrons. The van der Waals surface area contributed by atoms with Crippen LogP contribution in [0.4, 0.5) is 10.1 Å². The first-order valence-corrected chi connectivity index (χ1v) is 9.92. The number of carbonyl (C=O) groups excluding carboxylic acids is 2. The number of nitriles is 1. The van der Waals surface area contributed by atoms with E-state index >= 15 is 0 Å². The van der Waals surface area contributed by atoms with E-state index in [0.29, 0.717) is 23.4 Å².